The van der Waals surface area contributed by atoms with Crippen molar-refractivity contribution in [3.8, 4) is 0 Å². The molecule has 2 N–H and O–H groups in total. The predicted octanol–water partition coefficient (Wildman–Crippen LogP) is 2.08. The first kappa shape index (κ1) is 16.3. The minimum atomic E-state index is -3.36. The fourth-order valence-electron chi connectivity index (χ4n) is 1.46. The number of alkyl carbamates (subject to hydrolysis) is 1. The molecule has 6 nitrogen and oxygen atoms in total. The summed E-state index contributed by atoms with van der Waals surface area (Å²) in [5, 5.41) is 2.59. The molecule has 7 heteroatoms. The average molecular weight is 300 g/mol. The molecule has 0 aliphatic carbocycles. The van der Waals surface area contributed by atoms with E-state index < -0.39 is 21.7 Å². The van der Waals surface area contributed by atoms with E-state index in [2.05, 4.69) is 10.0 Å². The number of hydrogen-bond donors (Lipinski definition) is 2. The number of ether oxygens (including phenoxy) is 1. The van der Waals surface area contributed by atoms with Gasteiger partial charge in [0, 0.05) is 6.54 Å². The summed E-state index contributed by atoms with van der Waals surface area (Å²) in [6.07, 6.45) is 0.525. The van der Waals surface area contributed by atoms with Gasteiger partial charge in [-0.3, -0.25) is 4.72 Å². The van der Waals surface area contributed by atoms with Gasteiger partial charge in [-0.15, -0.1) is 0 Å². The van der Waals surface area contributed by atoms with Crippen LogP contribution in [0.3, 0.4) is 0 Å². The summed E-state index contributed by atoms with van der Waals surface area (Å²) in [5.41, 5.74) is 0.518. The third-order valence-corrected chi connectivity index (χ3v) is 2.73. The standard InChI is InChI=1S/C13H20N2O4S/c1-13(2,3)19-12(16)14-9-10-7-5-6-8-11(10)15-20(4,17)18/h5-8,15H,9H2,1-4H3,(H,14,16). The number of hydrogen-bond acceptors (Lipinski definition) is 4. The molecule has 0 bridgehead atoms. The highest BCUT2D eigenvalue weighted by molar-refractivity contribution is 7.92. The average Bonchev–Trinajstić information content (AvgIpc) is 2.23. The zero-order valence-corrected chi connectivity index (χ0v) is 12.9. The molecule has 0 saturated heterocycles. The largest absolute Gasteiger partial charge is 0.444 e. The fourth-order valence-corrected chi connectivity index (χ4v) is 2.05. The number of benzene rings is 1. The summed E-state index contributed by atoms with van der Waals surface area (Å²) in [7, 11) is -3.36. The van der Waals surface area contributed by atoms with Gasteiger partial charge in [-0.05, 0) is 32.4 Å². The minimum absolute atomic E-state index is 0.174. The number of amides is 1. The Kier molecular flexibility index (Phi) is 4.99. The van der Waals surface area contributed by atoms with E-state index in [0.29, 0.717) is 11.3 Å². The molecule has 0 aromatic heterocycles. The normalized spacial score (nSPS) is 11.8. The Balaban J connectivity index is 2.71. The van der Waals surface area contributed by atoms with E-state index in [1.54, 1.807) is 45.0 Å². The van der Waals surface area contributed by atoms with Crippen LogP contribution in [0, 0.1) is 0 Å². The van der Waals surface area contributed by atoms with Crippen molar-refractivity contribution in [3.05, 3.63) is 29.8 Å². The highest BCUT2D eigenvalue weighted by Gasteiger charge is 2.16. The molecule has 112 valence electrons. The van der Waals surface area contributed by atoms with E-state index in [0.717, 1.165) is 6.26 Å². The minimum Gasteiger partial charge on any atom is -0.444 e. The van der Waals surface area contributed by atoms with Gasteiger partial charge in [0.2, 0.25) is 10.0 Å². The monoisotopic (exact) mass is 300 g/mol. The van der Waals surface area contributed by atoms with Crippen molar-refractivity contribution < 1.29 is 17.9 Å². The molecule has 0 heterocycles. The molecule has 0 aliphatic heterocycles. The van der Waals surface area contributed by atoms with Crippen molar-refractivity contribution in [2.75, 3.05) is 11.0 Å². The van der Waals surface area contributed by atoms with Gasteiger partial charge in [0.25, 0.3) is 0 Å². The van der Waals surface area contributed by atoms with Gasteiger partial charge in [-0.1, -0.05) is 18.2 Å². The number of carbonyl (C=O) groups is 1. The van der Waals surface area contributed by atoms with Crippen LogP contribution in [-0.4, -0.2) is 26.4 Å². The predicted molar refractivity (Wildman–Crippen MR) is 78.0 cm³/mol. The lowest BCUT2D eigenvalue weighted by Gasteiger charge is -2.20. The van der Waals surface area contributed by atoms with Crippen molar-refractivity contribution >= 4 is 21.8 Å². The van der Waals surface area contributed by atoms with Crippen LogP contribution in [0.25, 0.3) is 0 Å². The molecule has 1 aromatic rings. The van der Waals surface area contributed by atoms with Gasteiger partial charge >= 0.3 is 6.09 Å². The van der Waals surface area contributed by atoms with Gasteiger partial charge in [-0.25, -0.2) is 13.2 Å². The lowest BCUT2D eigenvalue weighted by Crippen LogP contribution is -2.32. The zero-order valence-electron chi connectivity index (χ0n) is 12.1. The first-order valence-corrected chi connectivity index (χ1v) is 7.98. The smallest absolute Gasteiger partial charge is 0.407 e. The van der Waals surface area contributed by atoms with Crippen molar-refractivity contribution in [1.82, 2.24) is 5.32 Å². The summed E-state index contributed by atoms with van der Waals surface area (Å²) < 4.78 is 30.0. The summed E-state index contributed by atoms with van der Waals surface area (Å²) in [6.45, 7) is 5.48. The molecule has 20 heavy (non-hydrogen) atoms. The molecule has 1 rings (SSSR count). The van der Waals surface area contributed by atoms with Crippen molar-refractivity contribution in [2.45, 2.75) is 32.9 Å². The first-order valence-electron chi connectivity index (χ1n) is 6.09. The number of sulfonamides is 1. The number of nitrogens with one attached hydrogen (secondary N) is 2. The third-order valence-electron chi connectivity index (χ3n) is 2.13. The van der Waals surface area contributed by atoms with Crippen LogP contribution in [0.4, 0.5) is 10.5 Å². The number of anilines is 1. The van der Waals surface area contributed by atoms with Gasteiger partial charge in [0.15, 0.2) is 0 Å². The summed E-state index contributed by atoms with van der Waals surface area (Å²) in [6, 6.07) is 6.84. The van der Waals surface area contributed by atoms with Crippen molar-refractivity contribution in [1.29, 1.82) is 0 Å². The Labute approximate surface area is 119 Å². The van der Waals surface area contributed by atoms with Crippen LogP contribution < -0.4 is 10.0 Å². The quantitative estimate of drug-likeness (QED) is 0.891. The second-order valence-electron chi connectivity index (χ2n) is 5.39. The Bertz CT molecular complexity index is 576. The van der Waals surface area contributed by atoms with E-state index >= 15 is 0 Å². The van der Waals surface area contributed by atoms with E-state index in [4.69, 9.17) is 4.74 Å². The van der Waals surface area contributed by atoms with E-state index in [9.17, 15) is 13.2 Å². The van der Waals surface area contributed by atoms with Crippen LogP contribution >= 0.6 is 0 Å². The highest BCUT2D eigenvalue weighted by atomic mass is 32.2. The molecule has 0 spiro atoms. The molecule has 0 unspecified atom stereocenters. The van der Waals surface area contributed by atoms with Gasteiger partial charge in [0.1, 0.15) is 5.60 Å². The van der Waals surface area contributed by atoms with Crippen molar-refractivity contribution in [2.24, 2.45) is 0 Å². The van der Waals surface area contributed by atoms with E-state index in [1.165, 1.54) is 0 Å². The SMILES string of the molecule is CC(C)(C)OC(=O)NCc1ccccc1NS(C)(=O)=O. The summed E-state index contributed by atoms with van der Waals surface area (Å²) in [4.78, 5) is 11.6. The molecule has 1 aromatic carbocycles. The van der Waals surface area contributed by atoms with Gasteiger partial charge < -0.3 is 10.1 Å². The number of rotatable bonds is 4. The van der Waals surface area contributed by atoms with Crippen LogP contribution in [0.5, 0.6) is 0 Å². The highest BCUT2D eigenvalue weighted by Crippen LogP contribution is 2.16. The maximum absolute atomic E-state index is 11.6. The second kappa shape index (κ2) is 6.13. The number of carbonyl (C=O) groups excluding carboxylic acids is 1. The molecular weight excluding hydrogens is 280 g/mol. The van der Waals surface area contributed by atoms with Gasteiger partial charge in [0.05, 0.1) is 11.9 Å². The molecule has 0 saturated carbocycles. The molecule has 0 fully saturated rings. The molecule has 0 atom stereocenters. The van der Waals surface area contributed by atoms with Gasteiger partial charge in [-0.2, -0.15) is 0 Å². The molecule has 0 aliphatic rings. The summed E-state index contributed by atoms with van der Waals surface area (Å²) >= 11 is 0. The number of para-hydroxylation sites is 1. The maximum Gasteiger partial charge on any atom is 0.407 e. The Hall–Kier alpha value is -1.76. The first-order chi connectivity index (χ1) is 9.07. The van der Waals surface area contributed by atoms with Crippen molar-refractivity contribution in [3.63, 3.8) is 0 Å². The van der Waals surface area contributed by atoms with Crippen LogP contribution in [0.2, 0.25) is 0 Å². The van der Waals surface area contributed by atoms with Crippen LogP contribution in [-0.2, 0) is 21.3 Å². The topological polar surface area (TPSA) is 84.5 Å². The Morgan fingerprint density at radius 2 is 1.85 bits per heavy atom. The summed E-state index contributed by atoms with van der Waals surface area (Å²) in [5.74, 6) is 0. The molecule has 1 amide bonds. The lowest BCUT2D eigenvalue weighted by atomic mass is 10.2. The van der Waals surface area contributed by atoms with E-state index in [-0.39, 0.29) is 6.54 Å². The fraction of sp³-hybridized carbons (Fsp3) is 0.462. The zero-order chi connectivity index (χ0) is 15.4. The molecule has 0 radical (unpaired) electrons. The lowest BCUT2D eigenvalue weighted by molar-refractivity contribution is 0.0523. The Morgan fingerprint density at radius 3 is 2.40 bits per heavy atom. The van der Waals surface area contributed by atoms with E-state index in [1.807, 2.05) is 0 Å². The Morgan fingerprint density at radius 1 is 1.25 bits per heavy atom. The molecular formula is C13H20N2O4S. The van der Waals surface area contributed by atoms with Crippen LogP contribution in [0.1, 0.15) is 26.3 Å². The third kappa shape index (κ3) is 6.42. The van der Waals surface area contributed by atoms with Crippen LogP contribution in [0.15, 0.2) is 24.3 Å². The second-order valence-corrected chi connectivity index (χ2v) is 7.14. The maximum atomic E-state index is 11.6.